The number of nitrogens with one attached hydrogen (secondary N) is 1. The molecule has 0 amide bonds. The predicted molar refractivity (Wildman–Crippen MR) is 80.0 cm³/mol. The van der Waals surface area contributed by atoms with Crippen molar-refractivity contribution < 1.29 is 13.2 Å². The van der Waals surface area contributed by atoms with Gasteiger partial charge in [0.05, 0.1) is 4.90 Å². The smallest absolute Gasteiger partial charge is 0.240 e. The first-order valence-corrected chi connectivity index (χ1v) is 8.28. The van der Waals surface area contributed by atoms with Crippen molar-refractivity contribution in [2.45, 2.75) is 37.6 Å². The van der Waals surface area contributed by atoms with Crippen molar-refractivity contribution in [3.8, 4) is 0 Å². The van der Waals surface area contributed by atoms with Gasteiger partial charge in [0.25, 0.3) is 0 Å². The monoisotopic (exact) mass is 300 g/mol. The van der Waals surface area contributed by atoms with Gasteiger partial charge < -0.3 is 10.5 Å². The van der Waals surface area contributed by atoms with E-state index in [9.17, 15) is 8.42 Å². The Labute approximate surface area is 121 Å². The Bertz CT molecular complexity index is 515. The van der Waals surface area contributed by atoms with Crippen LogP contribution in [0.15, 0.2) is 23.1 Å². The molecule has 0 saturated carbocycles. The summed E-state index contributed by atoms with van der Waals surface area (Å²) in [5.41, 5.74) is 7.19. The molecule has 0 spiro atoms. The number of ether oxygens (including phenoxy) is 1. The summed E-state index contributed by atoms with van der Waals surface area (Å²) in [5, 5.41) is 0. The Morgan fingerprint density at radius 1 is 1.25 bits per heavy atom. The van der Waals surface area contributed by atoms with Crippen molar-refractivity contribution >= 4 is 10.0 Å². The first-order chi connectivity index (χ1) is 9.51. The topological polar surface area (TPSA) is 81.4 Å². The van der Waals surface area contributed by atoms with E-state index in [-0.39, 0.29) is 0 Å². The van der Waals surface area contributed by atoms with Gasteiger partial charge in [0, 0.05) is 26.8 Å². The van der Waals surface area contributed by atoms with E-state index in [1.54, 1.807) is 26.2 Å². The third-order valence-electron chi connectivity index (χ3n) is 3.08. The van der Waals surface area contributed by atoms with E-state index in [4.69, 9.17) is 10.5 Å². The van der Waals surface area contributed by atoms with E-state index in [2.05, 4.69) is 4.72 Å². The van der Waals surface area contributed by atoms with Crippen LogP contribution in [-0.2, 0) is 21.3 Å². The molecule has 0 aromatic heterocycles. The zero-order valence-electron chi connectivity index (χ0n) is 12.2. The van der Waals surface area contributed by atoms with Crippen LogP contribution in [0.2, 0.25) is 0 Å². The standard InChI is InChI=1S/C14H24N2O3S/c1-12-10-13(11-15)6-7-14(12)20(17,18)16-8-4-3-5-9-19-2/h6-7,10,16H,3-5,8-9,11,15H2,1-2H3. The molecule has 1 rings (SSSR count). The molecule has 0 fully saturated rings. The van der Waals surface area contributed by atoms with Crippen LogP contribution in [0.4, 0.5) is 0 Å². The molecule has 0 aliphatic carbocycles. The average Bonchev–Trinajstić information content (AvgIpc) is 2.42. The lowest BCUT2D eigenvalue weighted by Gasteiger charge is -2.10. The molecule has 0 atom stereocenters. The highest BCUT2D eigenvalue weighted by Crippen LogP contribution is 2.16. The summed E-state index contributed by atoms with van der Waals surface area (Å²) in [6.07, 6.45) is 2.70. The van der Waals surface area contributed by atoms with E-state index >= 15 is 0 Å². The van der Waals surface area contributed by atoms with Gasteiger partial charge in [0.15, 0.2) is 0 Å². The maximum Gasteiger partial charge on any atom is 0.240 e. The lowest BCUT2D eigenvalue weighted by atomic mass is 10.1. The molecule has 6 heteroatoms. The highest BCUT2D eigenvalue weighted by atomic mass is 32.2. The summed E-state index contributed by atoms with van der Waals surface area (Å²) in [7, 11) is -1.77. The number of rotatable bonds is 9. The zero-order valence-corrected chi connectivity index (χ0v) is 13.0. The van der Waals surface area contributed by atoms with Gasteiger partial charge in [-0.25, -0.2) is 13.1 Å². The first kappa shape index (κ1) is 17.1. The average molecular weight is 300 g/mol. The van der Waals surface area contributed by atoms with Gasteiger partial charge in [0.1, 0.15) is 0 Å². The van der Waals surface area contributed by atoms with E-state index in [1.807, 2.05) is 6.07 Å². The second kappa shape index (κ2) is 8.36. The molecule has 5 nitrogen and oxygen atoms in total. The second-order valence-corrected chi connectivity index (χ2v) is 6.49. The van der Waals surface area contributed by atoms with Crippen molar-refractivity contribution in [2.24, 2.45) is 5.73 Å². The first-order valence-electron chi connectivity index (χ1n) is 6.79. The normalized spacial score (nSPS) is 11.8. The van der Waals surface area contributed by atoms with Gasteiger partial charge >= 0.3 is 0 Å². The molecule has 1 aromatic carbocycles. The molecule has 114 valence electrons. The SMILES string of the molecule is COCCCCCNS(=O)(=O)c1ccc(CN)cc1C. The third-order valence-corrected chi connectivity index (χ3v) is 4.70. The minimum Gasteiger partial charge on any atom is -0.385 e. The fraction of sp³-hybridized carbons (Fsp3) is 0.571. The fourth-order valence-corrected chi connectivity index (χ4v) is 3.27. The van der Waals surface area contributed by atoms with Crippen LogP contribution in [-0.4, -0.2) is 28.7 Å². The Balaban J connectivity index is 2.56. The largest absolute Gasteiger partial charge is 0.385 e. The van der Waals surface area contributed by atoms with Crippen molar-refractivity contribution in [1.29, 1.82) is 0 Å². The van der Waals surface area contributed by atoms with Crippen molar-refractivity contribution in [1.82, 2.24) is 4.72 Å². The number of unbranched alkanes of at least 4 members (excludes halogenated alkanes) is 2. The fourth-order valence-electron chi connectivity index (χ4n) is 1.97. The summed E-state index contributed by atoms with van der Waals surface area (Å²) in [6.45, 7) is 3.36. The maximum atomic E-state index is 12.2. The molecular formula is C14H24N2O3S. The molecule has 0 bridgehead atoms. The van der Waals surface area contributed by atoms with Gasteiger partial charge in [-0.05, 0) is 43.4 Å². The Kier molecular flexibility index (Phi) is 7.15. The Hall–Kier alpha value is -0.950. The predicted octanol–water partition coefficient (Wildman–Crippen LogP) is 1.55. The number of methoxy groups -OCH3 is 1. The molecule has 0 heterocycles. The van der Waals surface area contributed by atoms with Crippen LogP contribution >= 0.6 is 0 Å². The van der Waals surface area contributed by atoms with E-state index in [1.165, 1.54) is 0 Å². The molecule has 0 aliphatic rings. The van der Waals surface area contributed by atoms with Gasteiger partial charge in [-0.2, -0.15) is 0 Å². The number of aryl methyl sites for hydroxylation is 1. The molecule has 0 saturated heterocycles. The summed E-state index contributed by atoms with van der Waals surface area (Å²) in [4.78, 5) is 0.326. The highest BCUT2D eigenvalue weighted by molar-refractivity contribution is 7.89. The van der Waals surface area contributed by atoms with Gasteiger partial charge in [-0.15, -0.1) is 0 Å². The minimum atomic E-state index is -3.43. The van der Waals surface area contributed by atoms with Crippen molar-refractivity contribution in [3.05, 3.63) is 29.3 Å². The van der Waals surface area contributed by atoms with Crippen molar-refractivity contribution in [3.63, 3.8) is 0 Å². The maximum absolute atomic E-state index is 12.2. The Morgan fingerprint density at radius 2 is 2.00 bits per heavy atom. The molecule has 0 unspecified atom stereocenters. The van der Waals surface area contributed by atoms with Gasteiger partial charge in [0.2, 0.25) is 10.0 Å². The van der Waals surface area contributed by atoms with Crippen LogP contribution in [0, 0.1) is 6.92 Å². The Morgan fingerprint density at radius 3 is 2.60 bits per heavy atom. The number of hydrogen-bond acceptors (Lipinski definition) is 4. The van der Waals surface area contributed by atoms with Crippen LogP contribution in [0.1, 0.15) is 30.4 Å². The molecule has 20 heavy (non-hydrogen) atoms. The third kappa shape index (κ3) is 5.20. The molecule has 0 radical (unpaired) electrons. The number of nitrogens with two attached hydrogens (primary N) is 1. The minimum absolute atomic E-state index is 0.326. The summed E-state index contributed by atoms with van der Waals surface area (Å²) in [5.74, 6) is 0. The quantitative estimate of drug-likeness (QED) is 0.678. The van der Waals surface area contributed by atoms with E-state index in [0.29, 0.717) is 24.6 Å². The summed E-state index contributed by atoms with van der Waals surface area (Å²) < 4.78 is 31.9. The van der Waals surface area contributed by atoms with Gasteiger partial charge in [-0.1, -0.05) is 12.1 Å². The van der Waals surface area contributed by atoms with Crippen LogP contribution in [0.3, 0.4) is 0 Å². The molecule has 1 aromatic rings. The lowest BCUT2D eigenvalue weighted by molar-refractivity contribution is 0.192. The summed E-state index contributed by atoms with van der Waals surface area (Å²) in [6, 6.07) is 5.18. The number of benzene rings is 1. The molecule has 0 aliphatic heterocycles. The molecular weight excluding hydrogens is 276 g/mol. The van der Waals surface area contributed by atoms with Crippen LogP contribution in [0.25, 0.3) is 0 Å². The van der Waals surface area contributed by atoms with E-state index < -0.39 is 10.0 Å². The van der Waals surface area contributed by atoms with E-state index in [0.717, 1.165) is 30.4 Å². The van der Waals surface area contributed by atoms with Crippen LogP contribution in [0.5, 0.6) is 0 Å². The number of sulfonamides is 1. The van der Waals surface area contributed by atoms with Gasteiger partial charge in [-0.3, -0.25) is 0 Å². The summed E-state index contributed by atoms with van der Waals surface area (Å²) >= 11 is 0. The molecule has 3 N–H and O–H groups in total. The van der Waals surface area contributed by atoms with Crippen LogP contribution < -0.4 is 10.5 Å². The second-order valence-electron chi connectivity index (χ2n) is 4.76. The number of hydrogen-bond donors (Lipinski definition) is 2. The zero-order chi connectivity index (χ0) is 15.0. The van der Waals surface area contributed by atoms with Crippen molar-refractivity contribution in [2.75, 3.05) is 20.3 Å². The lowest BCUT2D eigenvalue weighted by Crippen LogP contribution is -2.25. The highest BCUT2D eigenvalue weighted by Gasteiger charge is 2.15.